The first-order valence-electron chi connectivity index (χ1n) is 21.8. The van der Waals surface area contributed by atoms with Crippen molar-refractivity contribution in [3.05, 3.63) is 64.0 Å². The van der Waals surface area contributed by atoms with Crippen molar-refractivity contribution in [3.8, 4) is 22.9 Å². The van der Waals surface area contributed by atoms with Crippen LogP contribution in [0.2, 0.25) is 5.02 Å². The fraction of sp³-hybridized carbons (Fsp3) is 0.533. The van der Waals surface area contributed by atoms with Gasteiger partial charge in [0.25, 0.3) is 0 Å². The van der Waals surface area contributed by atoms with Crippen LogP contribution in [-0.2, 0) is 20.3 Å². The van der Waals surface area contributed by atoms with Crippen LogP contribution in [0.15, 0.2) is 41.8 Å². The second kappa shape index (κ2) is 19.1. The Balaban J connectivity index is 1.26. The van der Waals surface area contributed by atoms with Gasteiger partial charge >= 0.3 is 6.03 Å². The van der Waals surface area contributed by atoms with E-state index in [4.69, 9.17) is 31.0 Å². The van der Waals surface area contributed by atoms with Crippen LogP contribution in [0.3, 0.4) is 0 Å². The Kier molecular flexibility index (Phi) is 14.1. The molecule has 1 aliphatic carbocycles. The number of halogens is 3. The third kappa shape index (κ3) is 10.4. The average molecular weight is 944 g/mol. The largest absolute Gasteiger partial charge is 0.495 e. The molecule has 0 radical (unpaired) electrons. The van der Waals surface area contributed by atoms with Gasteiger partial charge in [-0.05, 0) is 84.1 Å². The topological polar surface area (TPSA) is 184 Å². The molecule has 4 heterocycles. The Morgan fingerprint density at radius 3 is 2.45 bits per heavy atom. The summed E-state index contributed by atoms with van der Waals surface area (Å²) < 4.78 is 56.7. The molecular formula is C45H57ClF2N7O7PS. The number of hydrogen-bond donors (Lipinski definition) is 5. The highest BCUT2D eigenvalue weighted by atomic mass is 35.5. The lowest BCUT2D eigenvalue weighted by atomic mass is 10.0. The molecule has 64 heavy (non-hydrogen) atoms. The molecular weight excluding hydrogens is 887 g/mol. The molecule has 346 valence electrons. The lowest BCUT2D eigenvalue weighted by molar-refractivity contribution is -0.140. The fourth-order valence-electron chi connectivity index (χ4n) is 8.78. The number of hydrogen-bond acceptors (Lipinski definition) is 10. The molecule has 1 saturated carbocycles. The highest BCUT2D eigenvalue weighted by molar-refractivity contribution is 7.59. The van der Waals surface area contributed by atoms with Crippen molar-refractivity contribution in [3.63, 3.8) is 0 Å². The first-order valence-corrected chi connectivity index (χ1v) is 24.9. The molecule has 14 nitrogen and oxygen atoms in total. The number of thiazole rings is 1. The van der Waals surface area contributed by atoms with Crippen molar-refractivity contribution in [2.24, 2.45) is 5.92 Å². The molecule has 0 bridgehead atoms. The minimum absolute atomic E-state index is 0.0426. The summed E-state index contributed by atoms with van der Waals surface area (Å²) in [5.74, 6) is -2.85. The minimum Gasteiger partial charge on any atom is -0.495 e. The van der Waals surface area contributed by atoms with Gasteiger partial charge in [-0.1, -0.05) is 49.8 Å². The van der Waals surface area contributed by atoms with Crippen molar-refractivity contribution < 1.29 is 42.1 Å². The number of urea groups is 1. The van der Waals surface area contributed by atoms with Gasteiger partial charge in [0.2, 0.25) is 19.2 Å². The summed E-state index contributed by atoms with van der Waals surface area (Å²) in [4.78, 5) is 65.8. The third-order valence-electron chi connectivity index (χ3n) is 12.0. The van der Waals surface area contributed by atoms with Gasteiger partial charge in [0, 0.05) is 40.4 Å². The standard InChI is InChI=1S/C45H57ClF2N7O7PS/c1-25(2)49-43-52-34(24-64-43)33-20-37(28-17-18-36(61-6)38(46)39(28)50-33)62-27-19-35-40(56)53-45(63(59,60)23-29-30(47)14-12-15-31(29)48)21-26(45)13-10-8-7-9-11-16-32(41(57)55(35)22-27)51-42(58)54-44(3,4)5/h12,14-15,17-18,20,24-27,32,35H,7-11,13,16,19,21-23H2,1-6H3,(H,49,52)(H,53,56)(H,59,60)(H2,51,54,58)/t26-,27-,32+,35+,45+/m1/s1. The summed E-state index contributed by atoms with van der Waals surface area (Å²) >= 11 is 8.27. The molecule has 5 N–H and O–H groups in total. The minimum atomic E-state index is -4.56. The predicted octanol–water partition coefficient (Wildman–Crippen LogP) is 8.98. The monoisotopic (exact) mass is 943 g/mol. The molecule has 2 saturated heterocycles. The van der Waals surface area contributed by atoms with E-state index in [-0.39, 0.29) is 30.5 Å². The Morgan fingerprint density at radius 1 is 1.06 bits per heavy atom. The van der Waals surface area contributed by atoms with Crippen LogP contribution in [0, 0.1) is 17.6 Å². The van der Waals surface area contributed by atoms with Gasteiger partial charge in [0.1, 0.15) is 57.3 Å². The Morgan fingerprint density at radius 2 is 1.77 bits per heavy atom. The highest BCUT2D eigenvalue weighted by Gasteiger charge is 2.66. The molecule has 3 fully saturated rings. The zero-order chi connectivity index (χ0) is 46.1. The molecule has 2 aromatic heterocycles. The number of fused-ring (bicyclic) bond motifs is 3. The van der Waals surface area contributed by atoms with Crippen molar-refractivity contribution in [2.75, 3.05) is 19.0 Å². The molecule has 19 heteroatoms. The van der Waals surface area contributed by atoms with Gasteiger partial charge in [-0.25, -0.2) is 23.5 Å². The molecule has 2 aliphatic heterocycles. The quantitative estimate of drug-likeness (QED) is 0.0962. The number of ether oxygens (including phenoxy) is 2. The molecule has 6 atom stereocenters. The van der Waals surface area contributed by atoms with E-state index in [0.717, 1.165) is 31.4 Å². The smallest absolute Gasteiger partial charge is 0.315 e. The lowest BCUT2D eigenvalue weighted by Crippen LogP contribution is -2.57. The van der Waals surface area contributed by atoms with Crippen LogP contribution < -0.4 is 30.7 Å². The maximum absolute atomic E-state index is 15.0. The zero-order valence-corrected chi connectivity index (χ0v) is 39.4. The molecule has 4 amide bonds. The summed E-state index contributed by atoms with van der Waals surface area (Å²) in [5.41, 5.74) is 0.252. The van der Waals surface area contributed by atoms with Gasteiger partial charge < -0.3 is 40.5 Å². The Labute approximate surface area is 381 Å². The normalized spacial score (nSPS) is 24.1. The first-order chi connectivity index (χ1) is 30.3. The Bertz CT molecular complexity index is 2430. The van der Waals surface area contributed by atoms with E-state index in [1.807, 2.05) is 40.0 Å². The summed E-state index contributed by atoms with van der Waals surface area (Å²) in [5, 5.41) is 13.6. The first kappa shape index (κ1) is 47.4. The second-order valence-electron chi connectivity index (χ2n) is 18.4. The number of nitrogens with one attached hydrogen (secondary N) is 4. The maximum atomic E-state index is 15.0. The maximum Gasteiger partial charge on any atom is 0.315 e. The van der Waals surface area contributed by atoms with E-state index in [0.29, 0.717) is 64.6 Å². The number of methoxy groups -OCH3 is 1. The molecule has 3 aliphatic rings. The molecule has 2 aromatic carbocycles. The number of pyridine rings is 1. The van der Waals surface area contributed by atoms with Crippen molar-refractivity contribution in [1.29, 1.82) is 0 Å². The molecule has 4 aromatic rings. The van der Waals surface area contributed by atoms with Crippen LogP contribution in [-0.4, -0.2) is 86.3 Å². The van der Waals surface area contributed by atoms with Crippen molar-refractivity contribution in [2.45, 2.75) is 134 Å². The molecule has 0 spiro atoms. The van der Waals surface area contributed by atoms with E-state index in [1.165, 1.54) is 29.4 Å². The van der Waals surface area contributed by atoms with E-state index in [1.54, 1.807) is 18.2 Å². The van der Waals surface area contributed by atoms with Crippen LogP contribution >= 0.6 is 30.3 Å². The summed E-state index contributed by atoms with van der Waals surface area (Å²) in [7, 11) is -3.06. The number of nitrogens with zero attached hydrogens (tertiary/aromatic N) is 3. The van der Waals surface area contributed by atoms with Gasteiger partial charge in [0.15, 0.2) is 5.13 Å². The fourth-order valence-corrected chi connectivity index (χ4v) is 12.4. The van der Waals surface area contributed by atoms with Crippen LogP contribution in [0.4, 0.5) is 18.7 Å². The molecule has 7 rings (SSSR count). The van der Waals surface area contributed by atoms with Crippen molar-refractivity contribution >= 4 is 64.2 Å². The lowest BCUT2D eigenvalue weighted by Gasteiger charge is -2.32. The number of aromatic nitrogens is 2. The Hall–Kier alpha value is -4.57. The summed E-state index contributed by atoms with van der Waals surface area (Å²) in [6, 6.07) is 5.76. The third-order valence-corrected chi connectivity index (χ3v) is 15.8. The van der Waals surface area contributed by atoms with Gasteiger partial charge in [-0.2, -0.15) is 0 Å². The SMILES string of the molecule is COc1ccc2c(O[C@@H]3C[C@H]4C(=O)N[C@]5(P(=O)(O)Cc6c(F)cccc6F)C[C@H]5CCCCCCC[C@H](NC(=O)NC(C)(C)C)C(=O)N4C3)cc(-c3csc(NC(C)C)n3)nc2c1Cl. The van der Waals surface area contributed by atoms with Crippen LogP contribution in [0.1, 0.15) is 98.0 Å². The summed E-state index contributed by atoms with van der Waals surface area (Å²) in [6.07, 6.45) is 2.96. The number of amides is 4. The van der Waals surface area contributed by atoms with Gasteiger partial charge in [-0.3, -0.25) is 14.2 Å². The molecule has 1 unspecified atom stereocenters. The predicted molar refractivity (Wildman–Crippen MR) is 244 cm³/mol. The number of benzene rings is 2. The second-order valence-corrected chi connectivity index (χ2v) is 22.2. The van der Waals surface area contributed by atoms with Crippen LogP contribution in [0.5, 0.6) is 11.5 Å². The average Bonchev–Trinajstić information content (AvgIpc) is 3.49. The highest BCUT2D eigenvalue weighted by Crippen LogP contribution is 2.71. The van der Waals surface area contributed by atoms with Crippen LogP contribution in [0.25, 0.3) is 22.3 Å². The van der Waals surface area contributed by atoms with Gasteiger partial charge in [0.05, 0.1) is 31.0 Å². The number of carbonyl (C=O) groups is 3. The van der Waals surface area contributed by atoms with Gasteiger partial charge in [-0.15, -0.1) is 11.3 Å². The van der Waals surface area contributed by atoms with E-state index in [9.17, 15) is 32.6 Å². The zero-order valence-electron chi connectivity index (χ0n) is 36.9. The van der Waals surface area contributed by atoms with E-state index >= 15 is 0 Å². The summed E-state index contributed by atoms with van der Waals surface area (Å²) in [6.45, 7) is 9.38. The van der Waals surface area contributed by atoms with E-state index in [2.05, 4.69) is 21.3 Å². The van der Waals surface area contributed by atoms with E-state index < -0.39 is 83.5 Å². The number of rotatable bonds is 10. The number of anilines is 1. The number of carbonyl (C=O) groups excluding carboxylic acids is 3. The van der Waals surface area contributed by atoms with Crippen molar-refractivity contribution in [1.82, 2.24) is 30.8 Å².